The highest BCUT2D eigenvalue weighted by molar-refractivity contribution is 5.98. The maximum Gasteiger partial charge on any atom is 0.243 e. The van der Waals surface area contributed by atoms with E-state index in [-0.39, 0.29) is 30.2 Å². The van der Waals surface area contributed by atoms with E-state index < -0.39 is 0 Å². The number of nitrogens with two attached hydrogens (primary N) is 1. The summed E-state index contributed by atoms with van der Waals surface area (Å²) in [7, 11) is 1.77. The predicted octanol–water partition coefficient (Wildman–Crippen LogP) is 1.11. The highest BCUT2D eigenvalue weighted by Gasteiger charge is 2.25. The van der Waals surface area contributed by atoms with Crippen LogP contribution in [0.25, 0.3) is 0 Å². The molecule has 0 bridgehead atoms. The molecule has 0 saturated carbocycles. The van der Waals surface area contributed by atoms with Crippen molar-refractivity contribution in [3.8, 4) is 0 Å². The van der Waals surface area contributed by atoms with Crippen LogP contribution in [0, 0.1) is 5.41 Å². The molecule has 6 heteroatoms. The maximum absolute atomic E-state index is 12.2. The number of amidine groups is 1. The summed E-state index contributed by atoms with van der Waals surface area (Å²) < 4.78 is 0. The quantitative estimate of drug-likeness (QED) is 0.574. The lowest BCUT2D eigenvalue weighted by Gasteiger charge is -2.21. The first kappa shape index (κ1) is 15.5. The third-order valence-electron chi connectivity index (χ3n) is 3.25. The highest BCUT2D eigenvalue weighted by atomic mass is 35.5. The minimum absolute atomic E-state index is 0. The van der Waals surface area contributed by atoms with Gasteiger partial charge in [-0.25, -0.2) is 0 Å². The van der Waals surface area contributed by atoms with E-state index in [9.17, 15) is 4.79 Å². The summed E-state index contributed by atoms with van der Waals surface area (Å²) in [6.07, 6.45) is 1.95. The topological polar surface area (TPSA) is 82.2 Å². The summed E-state index contributed by atoms with van der Waals surface area (Å²) in [6.45, 7) is 0.910. The van der Waals surface area contributed by atoms with Gasteiger partial charge in [-0.05, 0) is 43.7 Å². The summed E-state index contributed by atoms with van der Waals surface area (Å²) in [5.74, 6) is 0.121. The summed E-state index contributed by atoms with van der Waals surface area (Å²) in [6, 6.07) is 7.06. The van der Waals surface area contributed by atoms with Crippen molar-refractivity contribution in [2.24, 2.45) is 5.73 Å². The fourth-order valence-corrected chi connectivity index (χ4v) is 2.12. The number of likely N-dealkylation sites (N-methyl/N-ethyl adjacent to an activating group) is 1. The lowest BCUT2D eigenvalue weighted by Crippen LogP contribution is -2.41. The molecule has 1 amide bonds. The van der Waals surface area contributed by atoms with E-state index in [1.54, 1.807) is 24.1 Å². The summed E-state index contributed by atoms with van der Waals surface area (Å²) in [4.78, 5) is 13.8. The number of anilines is 1. The van der Waals surface area contributed by atoms with E-state index in [2.05, 4.69) is 5.32 Å². The number of nitrogens with zero attached hydrogens (tertiary/aromatic N) is 1. The third-order valence-corrected chi connectivity index (χ3v) is 3.25. The van der Waals surface area contributed by atoms with Gasteiger partial charge in [0.25, 0.3) is 0 Å². The first-order chi connectivity index (χ1) is 8.59. The van der Waals surface area contributed by atoms with Crippen molar-refractivity contribution >= 4 is 29.8 Å². The summed E-state index contributed by atoms with van der Waals surface area (Å²) >= 11 is 0. The van der Waals surface area contributed by atoms with E-state index in [0.717, 1.165) is 25.1 Å². The normalized spacial score (nSPS) is 17.6. The Balaban J connectivity index is 0.00000180. The molecule has 19 heavy (non-hydrogen) atoms. The zero-order chi connectivity index (χ0) is 13.1. The minimum Gasteiger partial charge on any atom is -0.384 e. The Morgan fingerprint density at radius 3 is 2.53 bits per heavy atom. The number of rotatable bonds is 3. The number of nitrogens with one attached hydrogen (secondary N) is 2. The molecule has 1 aliphatic rings. The molecular formula is C13H19ClN4O. The number of nitrogen functional groups attached to an aromatic ring is 1. The van der Waals surface area contributed by atoms with Crippen molar-refractivity contribution in [1.29, 1.82) is 5.41 Å². The van der Waals surface area contributed by atoms with Crippen molar-refractivity contribution in [2.45, 2.75) is 18.9 Å². The van der Waals surface area contributed by atoms with Crippen molar-refractivity contribution < 1.29 is 4.79 Å². The molecule has 104 valence electrons. The van der Waals surface area contributed by atoms with Crippen molar-refractivity contribution in [3.63, 3.8) is 0 Å². The predicted molar refractivity (Wildman–Crippen MR) is 79.1 cm³/mol. The van der Waals surface area contributed by atoms with Gasteiger partial charge < -0.3 is 16.0 Å². The molecule has 5 nitrogen and oxygen atoms in total. The molecular weight excluding hydrogens is 264 g/mol. The van der Waals surface area contributed by atoms with E-state index in [4.69, 9.17) is 11.1 Å². The Kier molecular flexibility index (Phi) is 5.32. The van der Waals surface area contributed by atoms with Gasteiger partial charge in [0.05, 0.1) is 6.04 Å². The van der Waals surface area contributed by atoms with Crippen LogP contribution in [0.15, 0.2) is 24.3 Å². The largest absolute Gasteiger partial charge is 0.384 e. The van der Waals surface area contributed by atoms with Crippen LogP contribution in [0.3, 0.4) is 0 Å². The average molecular weight is 283 g/mol. The van der Waals surface area contributed by atoms with Gasteiger partial charge in [0.15, 0.2) is 0 Å². The third kappa shape index (κ3) is 3.45. The van der Waals surface area contributed by atoms with Gasteiger partial charge >= 0.3 is 0 Å². The Bertz CT molecular complexity index is 454. The maximum atomic E-state index is 12.2. The van der Waals surface area contributed by atoms with Gasteiger partial charge in [-0.1, -0.05) is 0 Å². The van der Waals surface area contributed by atoms with Gasteiger partial charge in [-0.15, -0.1) is 12.4 Å². The van der Waals surface area contributed by atoms with Crippen LogP contribution in [0.2, 0.25) is 0 Å². The van der Waals surface area contributed by atoms with Gasteiger partial charge in [0.1, 0.15) is 5.84 Å². The molecule has 1 fully saturated rings. The molecule has 1 saturated heterocycles. The molecule has 1 heterocycles. The Morgan fingerprint density at radius 1 is 1.42 bits per heavy atom. The number of carbonyl (C=O) groups excluding carboxylic acids is 1. The van der Waals surface area contributed by atoms with Crippen molar-refractivity contribution in [3.05, 3.63) is 29.8 Å². The van der Waals surface area contributed by atoms with Crippen LogP contribution in [0.4, 0.5) is 5.69 Å². The highest BCUT2D eigenvalue weighted by Crippen LogP contribution is 2.17. The fourth-order valence-electron chi connectivity index (χ4n) is 2.12. The van der Waals surface area contributed by atoms with Gasteiger partial charge in [-0.3, -0.25) is 10.2 Å². The molecule has 1 atom stereocenters. The second kappa shape index (κ2) is 6.54. The molecule has 1 aromatic rings. The second-order valence-electron chi connectivity index (χ2n) is 4.51. The van der Waals surface area contributed by atoms with E-state index >= 15 is 0 Å². The number of amides is 1. The van der Waals surface area contributed by atoms with Gasteiger partial charge in [-0.2, -0.15) is 0 Å². The Labute approximate surface area is 119 Å². The van der Waals surface area contributed by atoms with Crippen LogP contribution in [-0.2, 0) is 4.79 Å². The Morgan fingerprint density at radius 2 is 2.05 bits per heavy atom. The molecule has 4 N–H and O–H groups in total. The molecule has 0 radical (unpaired) electrons. The van der Waals surface area contributed by atoms with E-state index in [1.807, 2.05) is 12.1 Å². The molecule has 2 rings (SSSR count). The SMILES string of the molecule is CN(C(=O)[C@@H]1CCCN1)c1ccc(C(=N)N)cc1.Cl. The van der Waals surface area contributed by atoms with Crippen molar-refractivity contribution in [1.82, 2.24) is 5.32 Å². The second-order valence-corrected chi connectivity index (χ2v) is 4.51. The van der Waals surface area contributed by atoms with Crippen LogP contribution in [-0.4, -0.2) is 31.4 Å². The van der Waals surface area contributed by atoms with E-state index in [1.165, 1.54) is 0 Å². The zero-order valence-electron chi connectivity index (χ0n) is 10.8. The Hall–Kier alpha value is -1.59. The lowest BCUT2D eigenvalue weighted by molar-refractivity contribution is -0.119. The number of halogens is 1. The monoisotopic (exact) mass is 282 g/mol. The molecule has 1 aliphatic heterocycles. The first-order valence-electron chi connectivity index (χ1n) is 6.05. The molecule has 0 aromatic heterocycles. The van der Waals surface area contributed by atoms with Crippen molar-refractivity contribution in [2.75, 3.05) is 18.5 Å². The van der Waals surface area contributed by atoms with Gasteiger partial charge in [0.2, 0.25) is 5.91 Å². The standard InChI is InChI=1S/C13H18N4O.ClH/c1-17(13(18)11-3-2-8-16-11)10-6-4-9(5-7-10)12(14)15;/h4-7,11,16H,2-3,8H2,1H3,(H3,14,15);1H/t11-;/m0./s1. The number of hydrogen-bond donors (Lipinski definition) is 3. The van der Waals surface area contributed by atoms with Crippen LogP contribution in [0.1, 0.15) is 18.4 Å². The number of benzene rings is 1. The molecule has 1 aromatic carbocycles. The number of hydrogen-bond acceptors (Lipinski definition) is 3. The summed E-state index contributed by atoms with van der Waals surface area (Å²) in [5.41, 5.74) is 6.88. The van der Waals surface area contributed by atoms with Crippen LogP contribution < -0.4 is 16.0 Å². The van der Waals surface area contributed by atoms with Gasteiger partial charge in [0, 0.05) is 18.3 Å². The summed E-state index contributed by atoms with van der Waals surface area (Å²) in [5, 5.41) is 10.5. The average Bonchev–Trinajstić information content (AvgIpc) is 2.91. The molecule has 0 spiro atoms. The molecule has 0 aliphatic carbocycles. The smallest absolute Gasteiger partial charge is 0.243 e. The van der Waals surface area contributed by atoms with E-state index in [0.29, 0.717) is 5.56 Å². The minimum atomic E-state index is -0.0671. The first-order valence-corrected chi connectivity index (χ1v) is 6.05. The zero-order valence-corrected chi connectivity index (χ0v) is 11.7. The fraction of sp³-hybridized carbons (Fsp3) is 0.385. The number of carbonyl (C=O) groups is 1. The molecule has 0 unspecified atom stereocenters. The van der Waals surface area contributed by atoms with Crippen LogP contribution in [0.5, 0.6) is 0 Å². The van der Waals surface area contributed by atoms with Crippen LogP contribution >= 0.6 is 12.4 Å². The lowest BCUT2D eigenvalue weighted by atomic mass is 10.1.